The van der Waals surface area contributed by atoms with E-state index in [0.29, 0.717) is 5.57 Å². The molecule has 0 bridgehead atoms. The van der Waals surface area contributed by atoms with E-state index in [2.05, 4.69) is 0 Å². The average molecular weight is 372 g/mol. The van der Waals surface area contributed by atoms with E-state index in [0.717, 1.165) is 11.1 Å². The maximum atomic E-state index is 13.0. The first-order chi connectivity index (χ1) is 13.5. The van der Waals surface area contributed by atoms with E-state index in [1.165, 1.54) is 6.08 Å². The minimum Gasteiger partial charge on any atom is -0.484 e. The molecule has 1 aliphatic rings. The average Bonchev–Trinajstić information content (AvgIpc) is 2.70. The lowest BCUT2D eigenvalue weighted by molar-refractivity contribution is -0.122. The topological polar surface area (TPSA) is 60.4 Å². The Bertz CT molecular complexity index is 1010. The van der Waals surface area contributed by atoms with Gasteiger partial charge in [-0.1, -0.05) is 60.7 Å². The van der Waals surface area contributed by atoms with Crippen LogP contribution < -0.4 is 0 Å². The lowest BCUT2D eigenvalue weighted by Crippen LogP contribution is -2.25. The van der Waals surface area contributed by atoms with Crippen LogP contribution in [0.15, 0.2) is 89.2 Å². The fourth-order valence-electron chi connectivity index (χ4n) is 2.88. The Hall–Kier alpha value is -3.53. The summed E-state index contributed by atoms with van der Waals surface area (Å²) in [6, 6.07) is 18.6. The number of allylic oxidation sites excluding steroid dienone is 4. The van der Waals surface area contributed by atoms with Gasteiger partial charge in [0.1, 0.15) is 12.2 Å². The summed E-state index contributed by atoms with van der Waals surface area (Å²) in [5.41, 5.74) is 2.08. The number of ether oxygens (including phenoxy) is 1. The molecule has 0 fully saturated rings. The quantitative estimate of drug-likeness (QED) is 0.433. The van der Waals surface area contributed by atoms with Crippen molar-refractivity contribution >= 4 is 23.4 Å². The molecule has 4 heteroatoms. The molecule has 0 spiro atoms. The van der Waals surface area contributed by atoms with Gasteiger partial charge in [-0.25, -0.2) is 0 Å². The first-order valence-corrected chi connectivity index (χ1v) is 8.93. The van der Waals surface area contributed by atoms with Gasteiger partial charge in [-0.2, -0.15) is 0 Å². The summed E-state index contributed by atoms with van der Waals surface area (Å²) >= 11 is 0. The van der Waals surface area contributed by atoms with Crippen molar-refractivity contribution in [1.29, 1.82) is 0 Å². The van der Waals surface area contributed by atoms with E-state index < -0.39 is 17.3 Å². The van der Waals surface area contributed by atoms with E-state index in [-0.39, 0.29) is 23.5 Å². The fourth-order valence-corrected chi connectivity index (χ4v) is 2.88. The first kappa shape index (κ1) is 19.2. The number of ketones is 3. The molecule has 0 aliphatic heterocycles. The number of rotatable bonds is 6. The Kier molecular flexibility index (Phi) is 5.80. The van der Waals surface area contributed by atoms with Gasteiger partial charge >= 0.3 is 0 Å². The maximum Gasteiger partial charge on any atom is 0.224 e. The number of Topliss-reactive ketones (excluding diaryl/α,β-unsaturated/α-hetero) is 2. The van der Waals surface area contributed by atoms with E-state index in [1.807, 2.05) is 60.7 Å². The normalized spacial score (nSPS) is 14.8. The molecule has 0 saturated carbocycles. The van der Waals surface area contributed by atoms with Crippen LogP contribution in [0.1, 0.15) is 25.0 Å². The lowest BCUT2D eigenvalue weighted by Gasteiger charge is -2.18. The molecule has 0 saturated heterocycles. The van der Waals surface area contributed by atoms with E-state index >= 15 is 0 Å². The monoisotopic (exact) mass is 372 g/mol. The van der Waals surface area contributed by atoms with Crippen molar-refractivity contribution in [3.05, 3.63) is 100 Å². The van der Waals surface area contributed by atoms with Crippen LogP contribution in [0.5, 0.6) is 0 Å². The van der Waals surface area contributed by atoms with Gasteiger partial charge in [0, 0.05) is 5.57 Å². The molecule has 0 aromatic heterocycles. The van der Waals surface area contributed by atoms with Gasteiger partial charge in [0.2, 0.25) is 5.78 Å². The number of hydrogen-bond acceptors (Lipinski definition) is 4. The maximum absolute atomic E-state index is 13.0. The third-order valence-electron chi connectivity index (χ3n) is 4.38. The van der Waals surface area contributed by atoms with Crippen LogP contribution in [0.2, 0.25) is 0 Å². The lowest BCUT2D eigenvalue weighted by atomic mass is 9.90. The second-order valence-corrected chi connectivity index (χ2v) is 6.57. The Morgan fingerprint density at radius 2 is 1.57 bits per heavy atom. The Morgan fingerprint density at radius 1 is 0.964 bits per heavy atom. The zero-order valence-electron chi connectivity index (χ0n) is 15.8. The summed E-state index contributed by atoms with van der Waals surface area (Å²) in [7, 11) is 0. The molecule has 0 unspecified atom stereocenters. The SMILES string of the molecule is CC1=CC(=O)C(C(=O)/C(C)=C/c2ccccc2)=C(OCc2ccccc2)C1=O. The number of hydrogen-bond donors (Lipinski definition) is 0. The highest BCUT2D eigenvalue weighted by molar-refractivity contribution is 6.36. The van der Waals surface area contributed by atoms with Gasteiger partial charge in [-0.05, 0) is 42.7 Å². The third kappa shape index (κ3) is 4.23. The van der Waals surface area contributed by atoms with Gasteiger partial charge in [0.05, 0.1) is 0 Å². The van der Waals surface area contributed by atoms with Crippen LogP contribution in [-0.2, 0) is 25.7 Å². The van der Waals surface area contributed by atoms with Crippen LogP contribution in [0.3, 0.4) is 0 Å². The Morgan fingerprint density at radius 3 is 2.21 bits per heavy atom. The van der Waals surface area contributed by atoms with Crippen molar-refractivity contribution < 1.29 is 19.1 Å². The molecular weight excluding hydrogens is 352 g/mol. The summed E-state index contributed by atoms with van der Waals surface area (Å²) in [6.07, 6.45) is 2.88. The fraction of sp³-hybridized carbons (Fsp3) is 0.125. The molecule has 0 heterocycles. The minimum absolute atomic E-state index is 0.0979. The van der Waals surface area contributed by atoms with E-state index in [4.69, 9.17) is 4.74 Å². The first-order valence-electron chi connectivity index (χ1n) is 8.93. The standard InChI is InChI=1S/C24H20O4/c1-16(13-18-9-5-3-6-10-18)22(26)21-20(25)14-17(2)23(27)24(21)28-15-19-11-7-4-8-12-19/h3-14H,15H2,1-2H3/b16-13+. The second kappa shape index (κ2) is 8.44. The third-order valence-corrected chi connectivity index (χ3v) is 4.38. The van der Waals surface area contributed by atoms with Crippen molar-refractivity contribution in [2.75, 3.05) is 0 Å². The number of benzene rings is 2. The summed E-state index contributed by atoms with van der Waals surface area (Å²) in [4.78, 5) is 38.1. The van der Waals surface area contributed by atoms with Crippen molar-refractivity contribution in [1.82, 2.24) is 0 Å². The van der Waals surface area contributed by atoms with Crippen molar-refractivity contribution in [3.63, 3.8) is 0 Å². The van der Waals surface area contributed by atoms with Crippen LogP contribution in [0.25, 0.3) is 6.08 Å². The highest BCUT2D eigenvalue weighted by Gasteiger charge is 2.33. The predicted octanol–water partition coefficient (Wildman–Crippen LogP) is 4.23. The van der Waals surface area contributed by atoms with Crippen LogP contribution in [-0.4, -0.2) is 17.3 Å². The van der Waals surface area contributed by atoms with Crippen LogP contribution >= 0.6 is 0 Å². The van der Waals surface area contributed by atoms with Gasteiger partial charge in [0.25, 0.3) is 0 Å². The molecule has 2 aromatic rings. The summed E-state index contributed by atoms with van der Waals surface area (Å²) in [6.45, 7) is 3.26. The Balaban J connectivity index is 1.95. The second-order valence-electron chi connectivity index (χ2n) is 6.57. The van der Waals surface area contributed by atoms with Gasteiger partial charge in [0.15, 0.2) is 17.3 Å². The smallest absolute Gasteiger partial charge is 0.224 e. The zero-order chi connectivity index (χ0) is 20.1. The van der Waals surface area contributed by atoms with Crippen LogP contribution in [0.4, 0.5) is 0 Å². The largest absolute Gasteiger partial charge is 0.484 e. The molecule has 3 rings (SSSR count). The van der Waals surface area contributed by atoms with Gasteiger partial charge < -0.3 is 4.74 Å². The molecule has 28 heavy (non-hydrogen) atoms. The highest BCUT2D eigenvalue weighted by Crippen LogP contribution is 2.25. The molecule has 0 atom stereocenters. The molecule has 140 valence electrons. The number of carbonyl (C=O) groups is 3. The molecule has 2 aromatic carbocycles. The zero-order valence-corrected chi connectivity index (χ0v) is 15.8. The van der Waals surface area contributed by atoms with Gasteiger partial charge in [-0.3, -0.25) is 14.4 Å². The van der Waals surface area contributed by atoms with E-state index in [9.17, 15) is 14.4 Å². The Labute approximate surface area is 163 Å². The van der Waals surface area contributed by atoms with Crippen molar-refractivity contribution in [2.45, 2.75) is 20.5 Å². The number of carbonyl (C=O) groups excluding carboxylic acids is 3. The van der Waals surface area contributed by atoms with Crippen molar-refractivity contribution in [2.24, 2.45) is 0 Å². The van der Waals surface area contributed by atoms with E-state index in [1.54, 1.807) is 19.9 Å². The molecule has 0 amide bonds. The molecule has 0 radical (unpaired) electrons. The van der Waals surface area contributed by atoms with Crippen molar-refractivity contribution in [3.8, 4) is 0 Å². The molecule has 1 aliphatic carbocycles. The molecular formula is C24H20O4. The van der Waals surface area contributed by atoms with Gasteiger partial charge in [-0.15, -0.1) is 0 Å². The highest BCUT2D eigenvalue weighted by atomic mass is 16.5. The van der Waals surface area contributed by atoms with Crippen LogP contribution in [0, 0.1) is 0 Å². The molecule has 4 nitrogen and oxygen atoms in total. The summed E-state index contributed by atoms with van der Waals surface area (Å²) in [5.74, 6) is -1.63. The minimum atomic E-state index is -0.508. The molecule has 0 N–H and O–H groups in total. The summed E-state index contributed by atoms with van der Waals surface area (Å²) in [5, 5.41) is 0. The summed E-state index contributed by atoms with van der Waals surface area (Å²) < 4.78 is 5.68. The predicted molar refractivity (Wildman–Crippen MR) is 107 cm³/mol.